The number of carboxylic acid groups (broad SMARTS) is 1. The molecule has 1 aromatic rings. The normalized spacial score (nSPS) is 12.0. The Bertz CT molecular complexity index is 416. The molecule has 0 fully saturated rings. The van der Waals surface area contributed by atoms with Gasteiger partial charge in [0.25, 0.3) is 0 Å². The quantitative estimate of drug-likeness (QED) is 0.640. The zero-order chi connectivity index (χ0) is 13.7. The summed E-state index contributed by atoms with van der Waals surface area (Å²) in [4.78, 5) is 27.8. The predicted octanol–water partition coefficient (Wildman–Crippen LogP) is 1.94. The van der Waals surface area contributed by atoms with Crippen molar-refractivity contribution in [3.05, 3.63) is 30.3 Å². The summed E-state index contributed by atoms with van der Waals surface area (Å²) in [7, 11) is 1.56. The molecule has 0 aliphatic rings. The van der Waals surface area contributed by atoms with E-state index in [4.69, 9.17) is 9.94 Å². The van der Waals surface area contributed by atoms with E-state index in [1.54, 1.807) is 45.2 Å². The molecule has 98 valence electrons. The van der Waals surface area contributed by atoms with Crippen molar-refractivity contribution in [3.63, 3.8) is 0 Å². The van der Waals surface area contributed by atoms with Crippen molar-refractivity contribution >= 4 is 17.6 Å². The molecule has 0 aliphatic carbocycles. The van der Waals surface area contributed by atoms with Gasteiger partial charge in [-0.3, -0.25) is 4.79 Å². The Morgan fingerprint density at radius 2 is 1.78 bits per heavy atom. The minimum absolute atomic E-state index is 0.320. The minimum Gasteiger partial charge on any atom is -0.481 e. The van der Waals surface area contributed by atoms with Gasteiger partial charge >= 0.3 is 11.9 Å². The number of rotatable bonds is 5. The van der Waals surface area contributed by atoms with Gasteiger partial charge in [0.15, 0.2) is 5.92 Å². The maximum atomic E-state index is 11.8. The number of hydrogen-bond donors (Lipinski definition) is 1. The molecular weight excluding hydrogens is 234 g/mol. The van der Waals surface area contributed by atoms with Gasteiger partial charge in [-0.05, 0) is 18.1 Å². The van der Waals surface area contributed by atoms with Crippen molar-refractivity contribution in [2.24, 2.45) is 11.8 Å². The molecule has 0 saturated heterocycles. The van der Waals surface area contributed by atoms with Crippen LogP contribution in [0.15, 0.2) is 30.3 Å². The number of para-hydroxylation sites is 1. The van der Waals surface area contributed by atoms with Crippen LogP contribution in [0.1, 0.15) is 13.8 Å². The summed E-state index contributed by atoms with van der Waals surface area (Å²) in [6.45, 7) is 3.34. The Kier molecular flexibility index (Phi) is 4.71. The Morgan fingerprint density at radius 3 is 2.22 bits per heavy atom. The molecular formula is C13H17NO4. The number of hydroxylamine groups is 1. The topological polar surface area (TPSA) is 66.8 Å². The summed E-state index contributed by atoms with van der Waals surface area (Å²) in [6.07, 6.45) is 0. The molecule has 18 heavy (non-hydrogen) atoms. The van der Waals surface area contributed by atoms with Crippen molar-refractivity contribution in [3.8, 4) is 0 Å². The molecule has 5 nitrogen and oxygen atoms in total. The van der Waals surface area contributed by atoms with Crippen molar-refractivity contribution in [2.75, 3.05) is 12.1 Å². The van der Waals surface area contributed by atoms with Gasteiger partial charge in [0.2, 0.25) is 0 Å². The van der Waals surface area contributed by atoms with E-state index in [0.29, 0.717) is 5.69 Å². The second-order valence-corrected chi connectivity index (χ2v) is 4.30. The molecule has 1 atom stereocenters. The summed E-state index contributed by atoms with van der Waals surface area (Å²) in [6, 6.07) is 8.97. The number of nitrogens with zero attached hydrogens (tertiary/aromatic N) is 1. The maximum absolute atomic E-state index is 11.8. The Hall–Kier alpha value is -2.04. The predicted molar refractivity (Wildman–Crippen MR) is 66.9 cm³/mol. The first kappa shape index (κ1) is 14.0. The molecule has 0 aromatic heterocycles. The molecule has 0 aliphatic heterocycles. The standard InChI is InChI=1S/C13H17NO4/c1-9(2)11(12(15)16)13(17)18-14(3)10-7-5-4-6-8-10/h4-9,11H,1-3H3,(H,15,16)/t11-/m0/s1. The highest BCUT2D eigenvalue weighted by Gasteiger charge is 2.32. The summed E-state index contributed by atoms with van der Waals surface area (Å²) < 4.78 is 0. The van der Waals surface area contributed by atoms with E-state index >= 15 is 0 Å². The Balaban J connectivity index is 2.72. The van der Waals surface area contributed by atoms with Gasteiger partial charge in [0, 0.05) is 7.05 Å². The molecule has 0 bridgehead atoms. The number of carbonyl (C=O) groups excluding carboxylic acids is 1. The molecule has 0 spiro atoms. The maximum Gasteiger partial charge on any atom is 0.346 e. The van der Waals surface area contributed by atoms with E-state index in [1.165, 1.54) is 5.06 Å². The smallest absolute Gasteiger partial charge is 0.346 e. The van der Waals surface area contributed by atoms with Crippen LogP contribution in [-0.2, 0) is 14.4 Å². The van der Waals surface area contributed by atoms with Crippen LogP contribution in [0.4, 0.5) is 5.69 Å². The van der Waals surface area contributed by atoms with Gasteiger partial charge in [-0.15, -0.1) is 0 Å². The molecule has 0 amide bonds. The van der Waals surface area contributed by atoms with Crippen LogP contribution in [-0.4, -0.2) is 24.1 Å². The van der Waals surface area contributed by atoms with Gasteiger partial charge in [-0.2, -0.15) is 0 Å². The van der Waals surface area contributed by atoms with Crippen LogP contribution < -0.4 is 5.06 Å². The molecule has 0 unspecified atom stereocenters. The highest BCUT2D eigenvalue weighted by atomic mass is 16.7. The molecule has 0 radical (unpaired) electrons. The SMILES string of the molecule is CC(C)[C@@H](C(=O)O)C(=O)ON(C)c1ccccc1. The first-order chi connectivity index (χ1) is 8.43. The molecule has 1 aromatic carbocycles. The number of benzene rings is 1. The van der Waals surface area contributed by atoms with Crippen molar-refractivity contribution in [2.45, 2.75) is 13.8 Å². The highest BCUT2D eigenvalue weighted by Crippen LogP contribution is 2.17. The summed E-state index contributed by atoms with van der Waals surface area (Å²) in [5, 5.41) is 10.2. The fourth-order valence-electron chi connectivity index (χ4n) is 1.54. The highest BCUT2D eigenvalue weighted by molar-refractivity contribution is 5.94. The van der Waals surface area contributed by atoms with E-state index in [9.17, 15) is 9.59 Å². The van der Waals surface area contributed by atoms with Crippen LogP contribution in [0, 0.1) is 11.8 Å². The van der Waals surface area contributed by atoms with Crippen LogP contribution >= 0.6 is 0 Å². The lowest BCUT2D eigenvalue weighted by Gasteiger charge is -2.21. The number of anilines is 1. The lowest BCUT2D eigenvalue weighted by molar-refractivity contribution is -0.161. The first-order valence-electron chi connectivity index (χ1n) is 5.67. The number of aliphatic carboxylic acids is 1. The van der Waals surface area contributed by atoms with E-state index in [2.05, 4.69) is 0 Å². The molecule has 1 rings (SSSR count). The molecule has 0 heterocycles. The largest absolute Gasteiger partial charge is 0.481 e. The van der Waals surface area contributed by atoms with E-state index in [0.717, 1.165) is 0 Å². The number of carboxylic acids is 1. The summed E-state index contributed by atoms with van der Waals surface area (Å²) >= 11 is 0. The van der Waals surface area contributed by atoms with Gasteiger partial charge in [-0.25, -0.2) is 9.86 Å². The van der Waals surface area contributed by atoms with Gasteiger partial charge in [0.1, 0.15) is 0 Å². The van der Waals surface area contributed by atoms with Gasteiger partial charge in [0.05, 0.1) is 5.69 Å². The van der Waals surface area contributed by atoms with Crippen molar-refractivity contribution in [1.29, 1.82) is 0 Å². The summed E-state index contributed by atoms with van der Waals surface area (Å²) in [5.41, 5.74) is 0.679. The molecule has 1 N–H and O–H groups in total. The molecule has 5 heteroatoms. The number of hydrogen-bond acceptors (Lipinski definition) is 4. The van der Waals surface area contributed by atoms with Crippen molar-refractivity contribution in [1.82, 2.24) is 0 Å². The second-order valence-electron chi connectivity index (χ2n) is 4.30. The molecule has 0 saturated carbocycles. The van der Waals surface area contributed by atoms with Crippen LogP contribution in [0.25, 0.3) is 0 Å². The average molecular weight is 251 g/mol. The van der Waals surface area contributed by atoms with Gasteiger partial charge < -0.3 is 9.94 Å². The average Bonchev–Trinajstić information content (AvgIpc) is 2.28. The van der Waals surface area contributed by atoms with Crippen LogP contribution in [0.3, 0.4) is 0 Å². The third kappa shape index (κ3) is 3.48. The van der Waals surface area contributed by atoms with E-state index < -0.39 is 17.9 Å². The fourth-order valence-corrected chi connectivity index (χ4v) is 1.54. The fraction of sp³-hybridized carbons (Fsp3) is 0.385. The van der Waals surface area contributed by atoms with Crippen LogP contribution in [0.2, 0.25) is 0 Å². The zero-order valence-electron chi connectivity index (χ0n) is 10.7. The number of carbonyl (C=O) groups is 2. The van der Waals surface area contributed by atoms with Crippen LogP contribution in [0.5, 0.6) is 0 Å². The third-order valence-electron chi connectivity index (χ3n) is 2.53. The van der Waals surface area contributed by atoms with Crippen molar-refractivity contribution < 1.29 is 19.5 Å². The third-order valence-corrected chi connectivity index (χ3v) is 2.53. The lowest BCUT2D eigenvalue weighted by atomic mass is 9.96. The Labute approximate surface area is 106 Å². The monoisotopic (exact) mass is 251 g/mol. The minimum atomic E-state index is -1.17. The van der Waals surface area contributed by atoms with E-state index in [1.807, 2.05) is 6.07 Å². The summed E-state index contributed by atoms with van der Waals surface area (Å²) in [5.74, 6) is -3.41. The Morgan fingerprint density at radius 1 is 1.22 bits per heavy atom. The second kappa shape index (κ2) is 6.05. The van der Waals surface area contributed by atoms with E-state index in [-0.39, 0.29) is 5.92 Å². The lowest BCUT2D eigenvalue weighted by Crippen LogP contribution is -2.34. The van der Waals surface area contributed by atoms with Gasteiger partial charge in [-0.1, -0.05) is 32.0 Å². The first-order valence-corrected chi connectivity index (χ1v) is 5.67. The zero-order valence-corrected chi connectivity index (χ0v) is 10.7.